The lowest BCUT2D eigenvalue weighted by atomic mass is 10.2. The summed E-state index contributed by atoms with van der Waals surface area (Å²) in [7, 11) is 1.69. The molecule has 1 amide bonds. The van der Waals surface area contributed by atoms with Crippen LogP contribution in [0.4, 0.5) is 11.5 Å². The Labute approximate surface area is 212 Å². The Hall–Kier alpha value is -5.06. The molecule has 0 bridgehead atoms. The van der Waals surface area contributed by atoms with Crippen LogP contribution in [-0.4, -0.2) is 60.6 Å². The molecule has 1 aromatic carbocycles. The number of rotatable bonds is 9. The molecule has 0 atom stereocenters. The molecule has 0 aliphatic heterocycles. The first-order valence-electron chi connectivity index (χ1n) is 11.5. The SMILES string of the molecule is C=CC(=O)N(C)CCOc1ccc2ncnc(Nc3ccc(Oc4ccn5ncnc5c4)c(C)c3)c2n1. The number of aromatic nitrogens is 6. The molecule has 0 fully saturated rings. The predicted octanol–water partition coefficient (Wildman–Crippen LogP) is 3.94. The molecule has 4 heterocycles. The van der Waals surface area contributed by atoms with Gasteiger partial charge in [-0.25, -0.2) is 24.5 Å². The van der Waals surface area contributed by atoms with Gasteiger partial charge in [0.05, 0.1) is 12.1 Å². The van der Waals surface area contributed by atoms with E-state index >= 15 is 0 Å². The van der Waals surface area contributed by atoms with Crippen molar-refractivity contribution >= 4 is 34.1 Å². The van der Waals surface area contributed by atoms with E-state index in [0.717, 1.165) is 17.0 Å². The number of hydrogen-bond acceptors (Lipinski definition) is 9. The first-order valence-corrected chi connectivity index (χ1v) is 11.5. The average Bonchev–Trinajstić information content (AvgIpc) is 3.38. The molecule has 186 valence electrons. The van der Waals surface area contributed by atoms with Gasteiger partial charge in [-0.15, -0.1) is 0 Å². The average molecular weight is 497 g/mol. The lowest BCUT2D eigenvalue weighted by Crippen LogP contribution is -2.29. The van der Waals surface area contributed by atoms with E-state index in [0.29, 0.717) is 40.7 Å². The van der Waals surface area contributed by atoms with E-state index in [1.807, 2.05) is 43.3 Å². The van der Waals surface area contributed by atoms with Crippen molar-refractivity contribution in [3.05, 3.63) is 79.5 Å². The van der Waals surface area contributed by atoms with E-state index in [-0.39, 0.29) is 12.5 Å². The Morgan fingerprint density at radius 1 is 1.14 bits per heavy atom. The second-order valence-electron chi connectivity index (χ2n) is 8.18. The van der Waals surface area contributed by atoms with Crippen LogP contribution in [0, 0.1) is 6.92 Å². The Morgan fingerprint density at radius 3 is 2.86 bits per heavy atom. The summed E-state index contributed by atoms with van der Waals surface area (Å²) in [6.45, 7) is 6.14. The molecule has 37 heavy (non-hydrogen) atoms. The number of ether oxygens (including phenoxy) is 2. The molecule has 5 rings (SSSR count). The zero-order valence-electron chi connectivity index (χ0n) is 20.3. The normalized spacial score (nSPS) is 10.9. The summed E-state index contributed by atoms with van der Waals surface area (Å²) < 4.78 is 13.5. The van der Waals surface area contributed by atoms with Crippen molar-refractivity contribution in [2.24, 2.45) is 0 Å². The van der Waals surface area contributed by atoms with Gasteiger partial charge in [-0.05, 0) is 48.9 Å². The topological polar surface area (TPSA) is 120 Å². The minimum Gasteiger partial charge on any atom is -0.476 e. The number of fused-ring (bicyclic) bond motifs is 2. The maximum atomic E-state index is 11.6. The summed E-state index contributed by atoms with van der Waals surface area (Å²) >= 11 is 0. The summed E-state index contributed by atoms with van der Waals surface area (Å²) in [5.41, 5.74) is 3.69. The molecular weight excluding hydrogens is 472 g/mol. The van der Waals surface area contributed by atoms with Crippen molar-refractivity contribution in [1.82, 2.24) is 34.4 Å². The Balaban J connectivity index is 1.31. The minimum absolute atomic E-state index is 0.168. The third-order valence-electron chi connectivity index (χ3n) is 5.60. The van der Waals surface area contributed by atoms with Crippen LogP contribution in [0.2, 0.25) is 0 Å². The highest BCUT2D eigenvalue weighted by Crippen LogP contribution is 2.30. The highest BCUT2D eigenvalue weighted by atomic mass is 16.5. The summed E-state index contributed by atoms with van der Waals surface area (Å²) in [6.07, 6.45) is 6.04. The largest absolute Gasteiger partial charge is 0.476 e. The van der Waals surface area contributed by atoms with Gasteiger partial charge >= 0.3 is 0 Å². The lowest BCUT2D eigenvalue weighted by molar-refractivity contribution is -0.125. The molecule has 11 nitrogen and oxygen atoms in total. The number of nitrogens with zero attached hydrogens (tertiary/aromatic N) is 7. The van der Waals surface area contributed by atoms with Crippen LogP contribution >= 0.6 is 0 Å². The number of nitrogens with one attached hydrogen (secondary N) is 1. The van der Waals surface area contributed by atoms with Gasteiger partial charge in [0.2, 0.25) is 11.8 Å². The van der Waals surface area contributed by atoms with Crippen molar-refractivity contribution in [2.45, 2.75) is 6.92 Å². The van der Waals surface area contributed by atoms with Crippen LogP contribution in [0.3, 0.4) is 0 Å². The van der Waals surface area contributed by atoms with Crippen LogP contribution < -0.4 is 14.8 Å². The van der Waals surface area contributed by atoms with Gasteiger partial charge in [-0.3, -0.25) is 4.79 Å². The van der Waals surface area contributed by atoms with Crippen molar-refractivity contribution in [3.8, 4) is 17.4 Å². The van der Waals surface area contributed by atoms with Crippen molar-refractivity contribution in [2.75, 3.05) is 25.5 Å². The Kier molecular flexibility index (Phi) is 6.58. The molecular formula is C26H24N8O3. The number of amides is 1. The zero-order chi connectivity index (χ0) is 25.8. The van der Waals surface area contributed by atoms with E-state index in [1.54, 1.807) is 23.8 Å². The molecule has 0 saturated carbocycles. The molecule has 0 radical (unpaired) electrons. The van der Waals surface area contributed by atoms with E-state index in [9.17, 15) is 4.79 Å². The highest BCUT2D eigenvalue weighted by Gasteiger charge is 2.11. The summed E-state index contributed by atoms with van der Waals surface area (Å²) in [5, 5.41) is 7.41. The van der Waals surface area contributed by atoms with Gasteiger partial charge in [-0.1, -0.05) is 6.58 Å². The number of benzene rings is 1. The summed E-state index contributed by atoms with van der Waals surface area (Å²) in [5.74, 6) is 2.17. The number of carbonyl (C=O) groups excluding carboxylic acids is 1. The van der Waals surface area contributed by atoms with Gasteiger partial charge in [0, 0.05) is 31.1 Å². The highest BCUT2D eigenvalue weighted by molar-refractivity contribution is 5.87. The predicted molar refractivity (Wildman–Crippen MR) is 138 cm³/mol. The van der Waals surface area contributed by atoms with Gasteiger partial charge in [0.25, 0.3) is 0 Å². The molecule has 1 N–H and O–H groups in total. The third kappa shape index (κ3) is 5.30. The summed E-state index contributed by atoms with van der Waals surface area (Å²) in [4.78, 5) is 30.6. The minimum atomic E-state index is -0.168. The van der Waals surface area contributed by atoms with E-state index in [2.05, 4.69) is 36.9 Å². The van der Waals surface area contributed by atoms with Crippen molar-refractivity contribution in [1.29, 1.82) is 0 Å². The number of aryl methyl sites for hydroxylation is 1. The maximum absolute atomic E-state index is 11.6. The number of anilines is 2. The van der Waals surface area contributed by atoms with E-state index in [4.69, 9.17) is 9.47 Å². The Bertz CT molecular complexity index is 1600. The van der Waals surface area contributed by atoms with Gasteiger partial charge in [0.1, 0.15) is 36.3 Å². The molecule has 0 aliphatic carbocycles. The van der Waals surface area contributed by atoms with Crippen LogP contribution in [0.25, 0.3) is 16.7 Å². The molecule has 5 aromatic rings. The zero-order valence-corrected chi connectivity index (χ0v) is 20.3. The molecule has 0 aliphatic rings. The molecule has 4 aromatic heterocycles. The summed E-state index contributed by atoms with van der Waals surface area (Å²) in [6, 6.07) is 13.0. The van der Waals surface area contributed by atoms with Crippen LogP contribution in [-0.2, 0) is 4.79 Å². The van der Waals surface area contributed by atoms with Crippen LogP contribution in [0.1, 0.15) is 5.56 Å². The van der Waals surface area contributed by atoms with Gasteiger partial charge in [-0.2, -0.15) is 5.10 Å². The maximum Gasteiger partial charge on any atom is 0.245 e. The number of pyridine rings is 2. The molecule has 0 unspecified atom stereocenters. The van der Waals surface area contributed by atoms with E-state index in [1.165, 1.54) is 23.6 Å². The van der Waals surface area contributed by atoms with Gasteiger partial charge < -0.3 is 19.7 Å². The smallest absolute Gasteiger partial charge is 0.245 e. The first kappa shape index (κ1) is 23.7. The number of hydrogen-bond donors (Lipinski definition) is 1. The quantitative estimate of drug-likeness (QED) is 0.303. The fourth-order valence-electron chi connectivity index (χ4n) is 3.61. The second kappa shape index (κ2) is 10.3. The molecule has 0 saturated heterocycles. The first-order chi connectivity index (χ1) is 18.0. The Morgan fingerprint density at radius 2 is 2.03 bits per heavy atom. The monoisotopic (exact) mass is 496 g/mol. The van der Waals surface area contributed by atoms with Crippen molar-refractivity contribution in [3.63, 3.8) is 0 Å². The van der Waals surface area contributed by atoms with Crippen LogP contribution in [0.5, 0.6) is 17.4 Å². The fourth-order valence-corrected chi connectivity index (χ4v) is 3.61. The number of carbonyl (C=O) groups is 1. The second-order valence-corrected chi connectivity index (χ2v) is 8.18. The third-order valence-corrected chi connectivity index (χ3v) is 5.60. The molecule has 0 spiro atoms. The lowest BCUT2D eigenvalue weighted by Gasteiger charge is -2.15. The van der Waals surface area contributed by atoms with E-state index < -0.39 is 0 Å². The standard InChI is InChI=1S/C26H24N8O3/c1-4-24(35)33(3)11-12-36-23-8-6-20-25(32-23)26(29-15-27-20)31-18-5-7-21(17(2)13-18)37-19-9-10-34-22(14-19)28-16-30-34/h4-10,13-16H,1,11-12H2,2-3H3,(H,27,29,31). The molecule has 11 heteroatoms. The fraction of sp³-hybridized carbons (Fsp3) is 0.154. The number of likely N-dealkylation sites (N-methyl/N-ethyl adjacent to an activating group) is 1. The van der Waals surface area contributed by atoms with Gasteiger partial charge in [0.15, 0.2) is 11.5 Å². The van der Waals surface area contributed by atoms with Crippen molar-refractivity contribution < 1.29 is 14.3 Å². The van der Waals surface area contributed by atoms with Crippen LogP contribution in [0.15, 0.2) is 74.0 Å².